The van der Waals surface area contributed by atoms with Crippen molar-refractivity contribution in [1.82, 2.24) is 4.90 Å². The summed E-state index contributed by atoms with van der Waals surface area (Å²) in [4.78, 5) is 13.3. The molecule has 0 aromatic heterocycles. The second-order valence-electron chi connectivity index (χ2n) is 4.15. The van der Waals surface area contributed by atoms with Gasteiger partial charge in [-0.15, -0.1) is 4.40 Å². The molecule has 0 bridgehead atoms. The normalized spacial score (nSPS) is 21.8. The van der Waals surface area contributed by atoms with Crippen LogP contribution in [0.5, 0.6) is 0 Å². The van der Waals surface area contributed by atoms with E-state index in [1.54, 1.807) is 13.8 Å². The van der Waals surface area contributed by atoms with E-state index in [4.69, 9.17) is 11.6 Å². The third-order valence-electron chi connectivity index (χ3n) is 2.75. The summed E-state index contributed by atoms with van der Waals surface area (Å²) in [5, 5.41) is 0.361. The maximum atomic E-state index is 12.2. The van der Waals surface area contributed by atoms with Crippen LogP contribution in [0.25, 0.3) is 0 Å². The average molecular weight is 333 g/mol. The van der Waals surface area contributed by atoms with Crippen molar-refractivity contribution < 1.29 is 13.2 Å². The lowest BCUT2D eigenvalue weighted by atomic mass is 10.4. The van der Waals surface area contributed by atoms with Crippen molar-refractivity contribution in [2.75, 3.05) is 6.54 Å². The number of sulfonamides is 1. The fourth-order valence-electron chi connectivity index (χ4n) is 1.71. The van der Waals surface area contributed by atoms with Gasteiger partial charge in [-0.1, -0.05) is 23.4 Å². The van der Waals surface area contributed by atoms with Gasteiger partial charge in [-0.3, -0.25) is 9.69 Å². The monoisotopic (exact) mass is 332 g/mol. The zero-order valence-corrected chi connectivity index (χ0v) is 13.3. The Morgan fingerprint density at radius 2 is 1.95 bits per heavy atom. The van der Waals surface area contributed by atoms with E-state index in [-0.39, 0.29) is 21.2 Å². The van der Waals surface area contributed by atoms with Gasteiger partial charge < -0.3 is 0 Å². The number of rotatable bonds is 3. The first-order valence-corrected chi connectivity index (χ1v) is 8.63. The van der Waals surface area contributed by atoms with Gasteiger partial charge in [0.1, 0.15) is 0 Å². The van der Waals surface area contributed by atoms with E-state index in [0.717, 1.165) is 11.8 Å². The second kappa shape index (κ2) is 5.75. The molecule has 0 saturated carbocycles. The molecular weight excluding hydrogens is 320 g/mol. The fraction of sp³-hybridized carbons (Fsp3) is 0.333. The maximum absolute atomic E-state index is 12.2. The summed E-state index contributed by atoms with van der Waals surface area (Å²) in [7, 11) is -3.84. The van der Waals surface area contributed by atoms with Gasteiger partial charge >= 0.3 is 0 Å². The van der Waals surface area contributed by atoms with Gasteiger partial charge in [-0.2, -0.15) is 8.42 Å². The molecule has 5 nitrogen and oxygen atoms in total. The molecule has 1 heterocycles. The van der Waals surface area contributed by atoms with Crippen molar-refractivity contribution in [2.45, 2.75) is 24.0 Å². The van der Waals surface area contributed by atoms with E-state index < -0.39 is 10.0 Å². The number of amides is 1. The molecule has 1 amide bonds. The van der Waals surface area contributed by atoms with Crippen LogP contribution >= 0.6 is 23.4 Å². The van der Waals surface area contributed by atoms with Crippen molar-refractivity contribution in [3.05, 3.63) is 29.3 Å². The zero-order chi connectivity index (χ0) is 14.9. The Bertz CT molecular complexity index is 656. The second-order valence-corrected chi connectivity index (χ2v) is 7.49. The molecule has 1 fully saturated rings. The van der Waals surface area contributed by atoms with Crippen molar-refractivity contribution in [3.63, 3.8) is 0 Å². The van der Waals surface area contributed by atoms with Gasteiger partial charge in [0.05, 0.1) is 10.1 Å². The van der Waals surface area contributed by atoms with Crippen LogP contribution in [0.1, 0.15) is 13.8 Å². The smallest absolute Gasteiger partial charge is 0.284 e. The molecule has 1 atom stereocenters. The summed E-state index contributed by atoms with van der Waals surface area (Å²) in [6.45, 7) is 3.90. The molecule has 0 radical (unpaired) electrons. The predicted molar refractivity (Wildman–Crippen MR) is 80.5 cm³/mol. The number of hydrogen-bond acceptors (Lipinski definition) is 4. The van der Waals surface area contributed by atoms with Crippen LogP contribution in [-0.2, 0) is 14.8 Å². The molecule has 0 N–H and O–H groups in total. The number of carbonyl (C=O) groups excluding carboxylic acids is 1. The van der Waals surface area contributed by atoms with Crippen LogP contribution in [0.3, 0.4) is 0 Å². The highest BCUT2D eigenvalue weighted by Crippen LogP contribution is 2.28. The van der Waals surface area contributed by atoms with Crippen LogP contribution in [0.2, 0.25) is 5.02 Å². The van der Waals surface area contributed by atoms with Gasteiger partial charge in [-0.05, 0) is 38.1 Å². The molecule has 8 heteroatoms. The Hall–Kier alpha value is -1.05. The molecular formula is C12H13ClN2O3S2. The van der Waals surface area contributed by atoms with E-state index in [2.05, 4.69) is 4.40 Å². The molecule has 108 valence electrons. The number of nitrogens with zero attached hydrogens (tertiary/aromatic N) is 2. The highest BCUT2D eigenvalue weighted by Gasteiger charge is 2.35. The molecule has 1 aromatic carbocycles. The third kappa shape index (κ3) is 2.99. The molecule has 1 aliphatic rings. The van der Waals surface area contributed by atoms with Crippen molar-refractivity contribution in [2.24, 2.45) is 4.40 Å². The van der Waals surface area contributed by atoms with Gasteiger partial charge in [0.25, 0.3) is 10.0 Å². The summed E-state index contributed by atoms with van der Waals surface area (Å²) in [6.07, 6.45) is 0. The molecule has 1 saturated heterocycles. The Morgan fingerprint density at radius 1 is 1.35 bits per heavy atom. The van der Waals surface area contributed by atoms with Gasteiger partial charge in [0.2, 0.25) is 5.91 Å². The minimum Gasteiger partial charge on any atom is -0.290 e. The summed E-state index contributed by atoms with van der Waals surface area (Å²) in [5.74, 6) is -0.123. The number of halogens is 1. The van der Waals surface area contributed by atoms with E-state index in [1.807, 2.05) is 0 Å². The number of benzene rings is 1. The lowest BCUT2D eigenvalue weighted by Gasteiger charge is -2.12. The Labute approximate surface area is 127 Å². The standard InChI is InChI=1S/C12H13ClN2O3S2/c1-3-15-11(16)8(2)19-12(15)14-20(17,18)10-6-4-9(13)5-7-10/h4-8H,3H2,1-2H3/b14-12+. The molecule has 0 spiro atoms. The van der Waals surface area contributed by atoms with Crippen LogP contribution < -0.4 is 0 Å². The number of amidine groups is 1. The summed E-state index contributed by atoms with van der Waals surface area (Å²) in [6, 6.07) is 5.76. The first-order chi connectivity index (χ1) is 9.35. The van der Waals surface area contributed by atoms with Crippen LogP contribution in [0.15, 0.2) is 33.6 Å². The molecule has 1 unspecified atom stereocenters. The SMILES string of the molecule is CCN1C(=O)C(C)S/C1=N/S(=O)(=O)c1ccc(Cl)cc1. The number of carbonyl (C=O) groups is 1. The van der Waals surface area contributed by atoms with E-state index in [1.165, 1.54) is 29.2 Å². The van der Waals surface area contributed by atoms with Gasteiger partial charge in [0, 0.05) is 11.6 Å². The van der Waals surface area contributed by atoms with Crippen LogP contribution in [0, 0.1) is 0 Å². The molecule has 0 aliphatic carbocycles. The quantitative estimate of drug-likeness (QED) is 0.852. The minimum absolute atomic E-state index is 0.0538. The van der Waals surface area contributed by atoms with Crippen LogP contribution in [0.4, 0.5) is 0 Å². The summed E-state index contributed by atoms with van der Waals surface area (Å²) < 4.78 is 28.2. The molecule has 1 aliphatic heterocycles. The molecule has 1 aromatic rings. The molecule has 20 heavy (non-hydrogen) atoms. The van der Waals surface area contributed by atoms with Crippen molar-refractivity contribution >= 4 is 44.5 Å². The lowest BCUT2D eigenvalue weighted by molar-refractivity contribution is -0.125. The highest BCUT2D eigenvalue weighted by molar-refractivity contribution is 8.16. The minimum atomic E-state index is -3.84. The van der Waals surface area contributed by atoms with E-state index >= 15 is 0 Å². The topological polar surface area (TPSA) is 66.8 Å². The Kier molecular flexibility index (Phi) is 4.41. The summed E-state index contributed by atoms with van der Waals surface area (Å²) >= 11 is 6.88. The number of thioether (sulfide) groups is 1. The first-order valence-electron chi connectivity index (χ1n) is 5.93. The first kappa shape index (κ1) is 15.3. The van der Waals surface area contributed by atoms with E-state index in [0.29, 0.717) is 11.6 Å². The predicted octanol–water partition coefficient (Wildman–Crippen LogP) is 2.37. The highest BCUT2D eigenvalue weighted by atomic mass is 35.5. The number of hydrogen-bond donors (Lipinski definition) is 0. The van der Waals surface area contributed by atoms with Gasteiger partial charge in [-0.25, -0.2) is 0 Å². The zero-order valence-electron chi connectivity index (χ0n) is 10.9. The van der Waals surface area contributed by atoms with Gasteiger partial charge in [0.15, 0.2) is 5.17 Å². The molecule has 2 rings (SSSR count). The van der Waals surface area contributed by atoms with Crippen LogP contribution in [-0.4, -0.2) is 36.2 Å². The lowest BCUT2D eigenvalue weighted by Crippen LogP contribution is -2.31. The van der Waals surface area contributed by atoms with E-state index in [9.17, 15) is 13.2 Å². The third-order valence-corrected chi connectivity index (χ3v) is 5.48. The average Bonchev–Trinajstić information content (AvgIpc) is 2.64. The Morgan fingerprint density at radius 3 is 2.50 bits per heavy atom. The Balaban J connectivity index is 2.38. The fourth-order valence-corrected chi connectivity index (χ4v) is 4.08. The largest absolute Gasteiger partial charge is 0.290 e. The summed E-state index contributed by atoms with van der Waals surface area (Å²) in [5.41, 5.74) is 0. The maximum Gasteiger partial charge on any atom is 0.284 e. The van der Waals surface area contributed by atoms with Crippen molar-refractivity contribution in [1.29, 1.82) is 0 Å². The van der Waals surface area contributed by atoms with Crippen molar-refractivity contribution in [3.8, 4) is 0 Å².